The van der Waals surface area contributed by atoms with Gasteiger partial charge in [0.15, 0.2) is 6.61 Å². The van der Waals surface area contributed by atoms with Crippen molar-refractivity contribution in [3.63, 3.8) is 0 Å². The van der Waals surface area contributed by atoms with Crippen LogP contribution in [0.1, 0.15) is 18.0 Å². The predicted octanol–water partition coefficient (Wildman–Crippen LogP) is 2.59. The first-order valence-corrected chi connectivity index (χ1v) is 8.63. The Morgan fingerprint density at radius 2 is 1.82 bits per heavy atom. The van der Waals surface area contributed by atoms with E-state index in [1.807, 2.05) is 30.3 Å². The number of hydrogen-bond acceptors (Lipinski definition) is 6. The summed E-state index contributed by atoms with van der Waals surface area (Å²) in [4.78, 5) is 35.3. The number of esters is 1. The van der Waals surface area contributed by atoms with Crippen LogP contribution in [-0.2, 0) is 14.3 Å². The van der Waals surface area contributed by atoms with Gasteiger partial charge in [-0.15, -0.1) is 0 Å². The van der Waals surface area contributed by atoms with E-state index in [0.717, 1.165) is 10.9 Å². The fraction of sp³-hybridized carbons (Fsp3) is 0.190. The van der Waals surface area contributed by atoms with Crippen molar-refractivity contribution in [2.75, 3.05) is 13.7 Å². The van der Waals surface area contributed by atoms with E-state index in [4.69, 9.17) is 13.9 Å². The van der Waals surface area contributed by atoms with Crippen LogP contribution in [0, 0.1) is 0 Å². The SMILES string of the molecule is COC(=O)CC(NC(=O)COc1ccc2ccc(=O)oc2c1)c1ccccc1. The van der Waals surface area contributed by atoms with Gasteiger partial charge in [0.2, 0.25) is 0 Å². The molecule has 1 N–H and O–H groups in total. The Labute approximate surface area is 160 Å². The smallest absolute Gasteiger partial charge is 0.336 e. The zero-order valence-electron chi connectivity index (χ0n) is 15.2. The quantitative estimate of drug-likeness (QED) is 0.499. The maximum Gasteiger partial charge on any atom is 0.336 e. The lowest BCUT2D eigenvalue weighted by Crippen LogP contribution is -2.34. The number of methoxy groups -OCH3 is 1. The minimum atomic E-state index is -0.528. The Morgan fingerprint density at radius 1 is 1.07 bits per heavy atom. The number of nitrogens with one attached hydrogen (secondary N) is 1. The van der Waals surface area contributed by atoms with Gasteiger partial charge in [-0.05, 0) is 23.8 Å². The molecule has 1 atom stereocenters. The molecule has 2 aromatic carbocycles. The topological polar surface area (TPSA) is 94.8 Å². The molecular formula is C21H19NO6. The van der Waals surface area contributed by atoms with Crippen LogP contribution in [0.15, 0.2) is 69.9 Å². The lowest BCUT2D eigenvalue weighted by Gasteiger charge is -2.18. The highest BCUT2D eigenvalue weighted by Crippen LogP contribution is 2.20. The zero-order chi connectivity index (χ0) is 19.9. The number of ether oxygens (including phenoxy) is 2. The molecule has 7 heteroatoms. The van der Waals surface area contributed by atoms with E-state index in [-0.39, 0.29) is 13.0 Å². The first kappa shape index (κ1) is 19.2. The first-order valence-electron chi connectivity index (χ1n) is 8.63. The molecule has 3 rings (SSSR count). The average molecular weight is 381 g/mol. The highest BCUT2D eigenvalue weighted by molar-refractivity contribution is 5.80. The maximum absolute atomic E-state index is 12.3. The van der Waals surface area contributed by atoms with Crippen LogP contribution in [0.3, 0.4) is 0 Å². The summed E-state index contributed by atoms with van der Waals surface area (Å²) in [5.74, 6) is -0.437. The van der Waals surface area contributed by atoms with Crippen LogP contribution in [-0.4, -0.2) is 25.6 Å². The molecular weight excluding hydrogens is 362 g/mol. The summed E-state index contributed by atoms with van der Waals surface area (Å²) >= 11 is 0. The summed E-state index contributed by atoms with van der Waals surface area (Å²) in [7, 11) is 1.30. The van der Waals surface area contributed by atoms with Gasteiger partial charge in [-0.1, -0.05) is 30.3 Å². The molecule has 144 valence electrons. The van der Waals surface area contributed by atoms with Gasteiger partial charge >= 0.3 is 11.6 Å². The standard InChI is InChI=1S/C21H19NO6/c1-26-21(25)12-17(14-5-3-2-4-6-14)22-19(23)13-27-16-9-7-15-8-10-20(24)28-18(15)11-16/h2-11,17H,12-13H2,1H3,(H,22,23). The van der Waals surface area contributed by atoms with Gasteiger partial charge in [0.25, 0.3) is 5.91 Å². The molecule has 28 heavy (non-hydrogen) atoms. The third kappa shape index (κ3) is 4.97. The number of amides is 1. The second-order valence-corrected chi connectivity index (χ2v) is 6.05. The van der Waals surface area contributed by atoms with Gasteiger partial charge in [0.05, 0.1) is 19.6 Å². The molecule has 1 unspecified atom stereocenters. The molecule has 0 saturated carbocycles. The van der Waals surface area contributed by atoms with E-state index in [1.165, 1.54) is 13.2 Å². The number of hydrogen-bond donors (Lipinski definition) is 1. The molecule has 1 amide bonds. The normalized spacial score (nSPS) is 11.6. The number of carbonyl (C=O) groups excluding carboxylic acids is 2. The fourth-order valence-corrected chi connectivity index (χ4v) is 2.70. The second-order valence-electron chi connectivity index (χ2n) is 6.05. The molecule has 1 aromatic heterocycles. The van der Waals surface area contributed by atoms with Crippen LogP contribution in [0.2, 0.25) is 0 Å². The predicted molar refractivity (Wildman–Crippen MR) is 102 cm³/mol. The van der Waals surface area contributed by atoms with Crippen molar-refractivity contribution in [1.82, 2.24) is 5.32 Å². The molecule has 0 bridgehead atoms. The Morgan fingerprint density at radius 3 is 2.57 bits per heavy atom. The largest absolute Gasteiger partial charge is 0.484 e. The molecule has 7 nitrogen and oxygen atoms in total. The van der Waals surface area contributed by atoms with Crippen LogP contribution >= 0.6 is 0 Å². The molecule has 0 aliphatic rings. The fourth-order valence-electron chi connectivity index (χ4n) is 2.70. The molecule has 0 aliphatic carbocycles. The first-order chi connectivity index (χ1) is 13.5. The minimum Gasteiger partial charge on any atom is -0.484 e. The Bertz CT molecular complexity index is 1030. The third-order valence-corrected chi connectivity index (χ3v) is 4.10. The molecule has 0 radical (unpaired) electrons. The molecule has 0 saturated heterocycles. The minimum absolute atomic E-state index is 0.00733. The van der Waals surface area contributed by atoms with E-state index in [2.05, 4.69) is 5.32 Å². The number of benzene rings is 2. The Hall–Kier alpha value is -3.61. The summed E-state index contributed by atoms with van der Waals surface area (Å²) in [5, 5.41) is 3.53. The van der Waals surface area contributed by atoms with Crippen molar-refractivity contribution < 1.29 is 23.5 Å². The van der Waals surface area contributed by atoms with Gasteiger partial charge in [0.1, 0.15) is 11.3 Å². The number of carbonyl (C=O) groups is 2. The average Bonchev–Trinajstić information content (AvgIpc) is 2.72. The lowest BCUT2D eigenvalue weighted by molar-refractivity contribution is -0.141. The lowest BCUT2D eigenvalue weighted by atomic mass is 10.0. The van der Waals surface area contributed by atoms with E-state index < -0.39 is 23.5 Å². The highest BCUT2D eigenvalue weighted by atomic mass is 16.5. The third-order valence-electron chi connectivity index (χ3n) is 4.10. The zero-order valence-corrected chi connectivity index (χ0v) is 15.2. The van der Waals surface area contributed by atoms with Crippen LogP contribution in [0.25, 0.3) is 11.0 Å². The van der Waals surface area contributed by atoms with E-state index >= 15 is 0 Å². The maximum atomic E-state index is 12.3. The Balaban J connectivity index is 1.65. The van der Waals surface area contributed by atoms with Crippen LogP contribution < -0.4 is 15.7 Å². The van der Waals surface area contributed by atoms with Gasteiger partial charge in [-0.3, -0.25) is 9.59 Å². The summed E-state index contributed by atoms with van der Waals surface area (Å²) in [6.45, 7) is -0.257. The van der Waals surface area contributed by atoms with Gasteiger partial charge < -0.3 is 19.2 Å². The second kappa shape index (κ2) is 8.85. The van der Waals surface area contributed by atoms with Crippen molar-refractivity contribution in [2.24, 2.45) is 0 Å². The summed E-state index contributed by atoms with van der Waals surface area (Å²) in [5.41, 5.74) is 0.697. The van der Waals surface area contributed by atoms with Crippen LogP contribution in [0.5, 0.6) is 5.75 Å². The van der Waals surface area contributed by atoms with Crippen molar-refractivity contribution >= 4 is 22.8 Å². The van der Waals surface area contributed by atoms with E-state index in [0.29, 0.717) is 11.3 Å². The number of rotatable bonds is 7. The van der Waals surface area contributed by atoms with Crippen molar-refractivity contribution in [2.45, 2.75) is 12.5 Å². The molecule has 3 aromatic rings. The van der Waals surface area contributed by atoms with Crippen LogP contribution in [0.4, 0.5) is 0 Å². The van der Waals surface area contributed by atoms with E-state index in [1.54, 1.807) is 24.3 Å². The molecule has 0 aliphatic heterocycles. The van der Waals surface area contributed by atoms with Crippen molar-refractivity contribution in [3.05, 3.63) is 76.6 Å². The van der Waals surface area contributed by atoms with Gasteiger partial charge in [0, 0.05) is 17.5 Å². The molecule has 0 spiro atoms. The van der Waals surface area contributed by atoms with E-state index in [9.17, 15) is 14.4 Å². The Kier molecular flexibility index (Phi) is 6.06. The molecule has 0 fully saturated rings. The monoisotopic (exact) mass is 381 g/mol. The number of fused-ring (bicyclic) bond motifs is 1. The van der Waals surface area contributed by atoms with Gasteiger partial charge in [-0.2, -0.15) is 0 Å². The highest BCUT2D eigenvalue weighted by Gasteiger charge is 2.19. The summed E-state index contributed by atoms with van der Waals surface area (Å²) in [6, 6.07) is 16.6. The van der Waals surface area contributed by atoms with Crippen molar-refractivity contribution in [1.29, 1.82) is 0 Å². The van der Waals surface area contributed by atoms with Gasteiger partial charge in [-0.25, -0.2) is 4.79 Å². The summed E-state index contributed by atoms with van der Waals surface area (Å²) in [6.07, 6.45) is 0.00733. The molecule has 1 heterocycles. The van der Waals surface area contributed by atoms with Crippen molar-refractivity contribution in [3.8, 4) is 5.75 Å². The summed E-state index contributed by atoms with van der Waals surface area (Å²) < 4.78 is 15.3.